The lowest BCUT2D eigenvalue weighted by Gasteiger charge is -2.18. The number of fused-ring (bicyclic) bond motifs is 1. The second-order valence-corrected chi connectivity index (χ2v) is 8.48. The lowest BCUT2D eigenvalue weighted by molar-refractivity contribution is -0.118. The van der Waals surface area contributed by atoms with Gasteiger partial charge in [0.25, 0.3) is 5.91 Å². The van der Waals surface area contributed by atoms with Crippen LogP contribution in [0.25, 0.3) is 11.3 Å². The van der Waals surface area contributed by atoms with Crippen molar-refractivity contribution in [3.63, 3.8) is 0 Å². The van der Waals surface area contributed by atoms with Crippen molar-refractivity contribution in [3.8, 4) is 17.0 Å². The number of nitrogens with zero attached hydrogens (tertiary/aromatic N) is 3. The van der Waals surface area contributed by atoms with Crippen molar-refractivity contribution in [3.05, 3.63) is 86.7 Å². The Bertz CT molecular complexity index is 1310. The summed E-state index contributed by atoms with van der Waals surface area (Å²) in [5, 5.41) is 13.7. The molecule has 1 aliphatic heterocycles. The molecule has 0 bridgehead atoms. The number of benzene rings is 2. The standard InChI is InChI=1S/C23H18N4O2S2/c28-22-13-29-21-7-6-18(10-19(21)26-22)20-15-31-23(24-11-16-4-2-1-3-5-16)27(20)25-12-17-8-9-30-14-17/h1-10,12,14-15H,11,13H2,(H,26,28). The minimum absolute atomic E-state index is 0.0399. The van der Waals surface area contributed by atoms with E-state index in [9.17, 15) is 4.79 Å². The van der Waals surface area contributed by atoms with Crippen LogP contribution < -0.4 is 14.9 Å². The summed E-state index contributed by atoms with van der Waals surface area (Å²) >= 11 is 3.16. The van der Waals surface area contributed by atoms with Crippen molar-refractivity contribution < 1.29 is 9.53 Å². The molecule has 0 spiro atoms. The molecule has 2 aromatic carbocycles. The van der Waals surface area contributed by atoms with E-state index in [1.165, 1.54) is 11.3 Å². The highest BCUT2D eigenvalue weighted by molar-refractivity contribution is 7.08. The number of carbonyl (C=O) groups is 1. The first-order chi connectivity index (χ1) is 15.3. The maximum Gasteiger partial charge on any atom is 0.262 e. The first kappa shape index (κ1) is 19.5. The SMILES string of the molecule is O=C1COc2ccc(-c3csc(=NCc4ccccc4)n3N=Cc3ccsc3)cc2N1. The van der Waals surface area contributed by atoms with Gasteiger partial charge in [-0.25, -0.2) is 4.68 Å². The zero-order chi connectivity index (χ0) is 21.0. The number of thiazole rings is 1. The molecule has 8 heteroatoms. The summed E-state index contributed by atoms with van der Waals surface area (Å²) in [6, 6.07) is 17.9. The number of rotatable bonds is 5. The number of hydrogen-bond donors (Lipinski definition) is 1. The van der Waals surface area contributed by atoms with Gasteiger partial charge in [0.05, 0.1) is 24.1 Å². The minimum atomic E-state index is -0.156. The zero-order valence-corrected chi connectivity index (χ0v) is 18.0. The quantitative estimate of drug-likeness (QED) is 0.456. The van der Waals surface area contributed by atoms with Gasteiger partial charge in [-0.1, -0.05) is 30.3 Å². The van der Waals surface area contributed by atoms with Gasteiger partial charge in [-0.3, -0.25) is 9.79 Å². The van der Waals surface area contributed by atoms with Crippen LogP contribution in [-0.2, 0) is 11.3 Å². The van der Waals surface area contributed by atoms with Gasteiger partial charge >= 0.3 is 0 Å². The predicted octanol–water partition coefficient (Wildman–Crippen LogP) is 4.59. The van der Waals surface area contributed by atoms with E-state index in [4.69, 9.17) is 14.8 Å². The predicted molar refractivity (Wildman–Crippen MR) is 125 cm³/mol. The fourth-order valence-corrected chi connectivity index (χ4v) is 4.62. The van der Waals surface area contributed by atoms with Crippen molar-refractivity contribution in [2.24, 2.45) is 10.1 Å². The van der Waals surface area contributed by atoms with Gasteiger partial charge in [0.2, 0.25) is 4.80 Å². The molecule has 5 rings (SSSR count). The Kier molecular flexibility index (Phi) is 5.47. The summed E-state index contributed by atoms with van der Waals surface area (Å²) in [7, 11) is 0. The third kappa shape index (κ3) is 4.35. The maximum atomic E-state index is 11.7. The van der Waals surface area contributed by atoms with E-state index in [-0.39, 0.29) is 12.5 Å². The van der Waals surface area contributed by atoms with Gasteiger partial charge in [0.15, 0.2) is 6.61 Å². The van der Waals surface area contributed by atoms with Crippen LogP contribution in [0.5, 0.6) is 5.75 Å². The largest absolute Gasteiger partial charge is 0.482 e. The number of carbonyl (C=O) groups excluding carboxylic acids is 1. The van der Waals surface area contributed by atoms with Crippen LogP contribution in [0.3, 0.4) is 0 Å². The maximum absolute atomic E-state index is 11.7. The molecule has 0 radical (unpaired) electrons. The van der Waals surface area contributed by atoms with Crippen LogP contribution in [0.4, 0.5) is 5.69 Å². The molecular formula is C23H18N4O2S2. The normalized spacial score (nSPS) is 13.8. The summed E-state index contributed by atoms with van der Waals surface area (Å²) in [6.45, 7) is 0.612. The molecule has 0 aliphatic carbocycles. The molecule has 2 aromatic heterocycles. The van der Waals surface area contributed by atoms with Gasteiger partial charge in [-0.2, -0.15) is 16.4 Å². The lowest BCUT2D eigenvalue weighted by atomic mass is 10.1. The van der Waals surface area contributed by atoms with Crippen LogP contribution in [0, 0.1) is 0 Å². The molecule has 1 N–H and O–H groups in total. The molecule has 0 unspecified atom stereocenters. The van der Waals surface area contributed by atoms with Gasteiger partial charge in [-0.15, -0.1) is 11.3 Å². The van der Waals surface area contributed by atoms with Gasteiger partial charge < -0.3 is 10.1 Å². The molecule has 3 heterocycles. The first-order valence-electron chi connectivity index (χ1n) is 9.65. The highest BCUT2D eigenvalue weighted by Crippen LogP contribution is 2.32. The average molecular weight is 447 g/mol. The Balaban J connectivity index is 1.56. The molecule has 1 amide bonds. The summed E-state index contributed by atoms with van der Waals surface area (Å²) in [5.74, 6) is 0.512. The van der Waals surface area contributed by atoms with E-state index >= 15 is 0 Å². The number of amides is 1. The van der Waals surface area contributed by atoms with Crippen LogP contribution in [0.15, 0.2) is 80.8 Å². The van der Waals surface area contributed by atoms with Crippen LogP contribution in [0.2, 0.25) is 0 Å². The number of thiophene rings is 1. The lowest BCUT2D eigenvalue weighted by Crippen LogP contribution is -2.25. The molecule has 0 saturated carbocycles. The molecule has 0 atom stereocenters. The van der Waals surface area contributed by atoms with Crippen LogP contribution in [-0.4, -0.2) is 23.4 Å². The summed E-state index contributed by atoms with van der Waals surface area (Å²) < 4.78 is 7.33. The fourth-order valence-electron chi connectivity index (χ4n) is 3.18. The summed E-state index contributed by atoms with van der Waals surface area (Å²) in [4.78, 5) is 17.3. The average Bonchev–Trinajstić information content (AvgIpc) is 3.46. The van der Waals surface area contributed by atoms with Gasteiger partial charge in [-0.05, 0) is 40.6 Å². The highest BCUT2D eigenvalue weighted by Gasteiger charge is 2.17. The molecule has 1 aliphatic rings. The van der Waals surface area contributed by atoms with E-state index < -0.39 is 0 Å². The Hall–Kier alpha value is -3.49. The second-order valence-electron chi connectivity index (χ2n) is 6.87. The number of anilines is 1. The molecule has 31 heavy (non-hydrogen) atoms. The van der Waals surface area contributed by atoms with Gasteiger partial charge in [0.1, 0.15) is 5.75 Å². The van der Waals surface area contributed by atoms with Crippen molar-refractivity contribution >= 4 is 40.5 Å². The first-order valence-corrected chi connectivity index (χ1v) is 11.5. The molecule has 6 nitrogen and oxygen atoms in total. The zero-order valence-electron chi connectivity index (χ0n) is 16.4. The van der Waals surface area contributed by atoms with Crippen molar-refractivity contribution in [2.75, 3.05) is 11.9 Å². The number of hydrogen-bond acceptors (Lipinski definition) is 6. The van der Waals surface area contributed by atoms with Crippen LogP contribution in [0.1, 0.15) is 11.1 Å². The highest BCUT2D eigenvalue weighted by atomic mass is 32.1. The van der Waals surface area contributed by atoms with Crippen molar-refractivity contribution in [2.45, 2.75) is 6.54 Å². The number of nitrogens with one attached hydrogen (secondary N) is 1. The third-order valence-corrected chi connectivity index (χ3v) is 6.25. The van der Waals surface area contributed by atoms with Crippen molar-refractivity contribution in [1.29, 1.82) is 0 Å². The topological polar surface area (TPSA) is 68.0 Å². The monoisotopic (exact) mass is 446 g/mol. The molecular weight excluding hydrogens is 428 g/mol. The Morgan fingerprint density at radius 2 is 2.03 bits per heavy atom. The Morgan fingerprint density at radius 1 is 1.13 bits per heavy atom. The Labute approximate surface area is 186 Å². The van der Waals surface area contributed by atoms with Crippen molar-refractivity contribution in [1.82, 2.24) is 4.68 Å². The number of aromatic nitrogens is 1. The number of ether oxygens (including phenoxy) is 1. The van der Waals surface area contributed by atoms with Gasteiger partial charge in [0, 0.05) is 16.5 Å². The smallest absolute Gasteiger partial charge is 0.262 e. The second kappa shape index (κ2) is 8.71. The molecule has 0 fully saturated rings. The van der Waals surface area contributed by atoms with Crippen LogP contribution >= 0.6 is 22.7 Å². The summed E-state index contributed by atoms with van der Waals surface area (Å²) in [5.41, 5.74) is 4.65. The van der Waals surface area contributed by atoms with E-state index in [2.05, 4.69) is 17.4 Å². The van der Waals surface area contributed by atoms with E-state index in [0.717, 1.165) is 27.2 Å². The minimum Gasteiger partial charge on any atom is -0.482 e. The van der Waals surface area contributed by atoms with E-state index in [0.29, 0.717) is 18.0 Å². The molecule has 0 saturated heterocycles. The van der Waals surface area contributed by atoms with E-state index in [1.54, 1.807) is 11.3 Å². The van der Waals surface area contributed by atoms with E-state index in [1.807, 2.05) is 69.5 Å². The Morgan fingerprint density at radius 3 is 2.87 bits per heavy atom. The fraction of sp³-hybridized carbons (Fsp3) is 0.0870. The summed E-state index contributed by atoms with van der Waals surface area (Å²) in [6.07, 6.45) is 1.83. The third-order valence-electron chi connectivity index (χ3n) is 4.70. The molecule has 154 valence electrons. The molecule has 4 aromatic rings.